The molecular formula is C10H14N2S. The standard InChI is InChI=1S/C10H14N2S/c1-7(11)10-12-9(6-13-10)8-4-2-3-5-8/h4,6-7H,2-3,5,11H2,1H3. The summed E-state index contributed by atoms with van der Waals surface area (Å²) >= 11 is 1.67. The van der Waals surface area contributed by atoms with E-state index in [4.69, 9.17) is 5.73 Å². The molecule has 0 amide bonds. The van der Waals surface area contributed by atoms with Crippen LogP contribution in [0.2, 0.25) is 0 Å². The minimum atomic E-state index is 0.0701. The molecule has 0 saturated carbocycles. The van der Waals surface area contributed by atoms with Crippen molar-refractivity contribution in [3.8, 4) is 0 Å². The molecule has 0 bridgehead atoms. The highest BCUT2D eigenvalue weighted by molar-refractivity contribution is 7.09. The van der Waals surface area contributed by atoms with Crippen molar-refractivity contribution in [2.24, 2.45) is 5.73 Å². The fourth-order valence-corrected chi connectivity index (χ4v) is 2.35. The molecule has 13 heavy (non-hydrogen) atoms. The van der Waals surface area contributed by atoms with Gasteiger partial charge in [-0.2, -0.15) is 0 Å². The summed E-state index contributed by atoms with van der Waals surface area (Å²) in [6, 6.07) is 0.0701. The van der Waals surface area contributed by atoms with Crippen molar-refractivity contribution in [1.82, 2.24) is 4.98 Å². The van der Waals surface area contributed by atoms with Crippen LogP contribution in [-0.4, -0.2) is 4.98 Å². The lowest BCUT2D eigenvalue weighted by Crippen LogP contribution is -2.04. The van der Waals surface area contributed by atoms with Crippen LogP contribution in [0.1, 0.15) is 42.9 Å². The second-order valence-electron chi connectivity index (χ2n) is 3.48. The van der Waals surface area contributed by atoms with Crippen LogP contribution in [0.15, 0.2) is 11.5 Å². The molecule has 70 valence electrons. The van der Waals surface area contributed by atoms with Gasteiger partial charge in [0, 0.05) is 5.38 Å². The van der Waals surface area contributed by atoms with Gasteiger partial charge in [-0.25, -0.2) is 4.98 Å². The van der Waals surface area contributed by atoms with Crippen molar-refractivity contribution < 1.29 is 0 Å². The smallest absolute Gasteiger partial charge is 0.110 e. The molecule has 0 radical (unpaired) electrons. The molecular weight excluding hydrogens is 180 g/mol. The van der Waals surface area contributed by atoms with Gasteiger partial charge in [0.2, 0.25) is 0 Å². The fraction of sp³-hybridized carbons (Fsp3) is 0.500. The van der Waals surface area contributed by atoms with E-state index in [-0.39, 0.29) is 6.04 Å². The molecule has 3 heteroatoms. The minimum Gasteiger partial charge on any atom is -0.322 e. The van der Waals surface area contributed by atoms with Crippen molar-refractivity contribution in [3.63, 3.8) is 0 Å². The Bertz CT molecular complexity index is 325. The van der Waals surface area contributed by atoms with Crippen LogP contribution < -0.4 is 5.73 Å². The Morgan fingerprint density at radius 3 is 3.00 bits per heavy atom. The van der Waals surface area contributed by atoms with Crippen LogP contribution in [0.4, 0.5) is 0 Å². The number of allylic oxidation sites excluding steroid dienone is 2. The Balaban J connectivity index is 2.22. The molecule has 0 aliphatic heterocycles. The van der Waals surface area contributed by atoms with Crippen molar-refractivity contribution in [1.29, 1.82) is 0 Å². The molecule has 1 heterocycles. The first-order valence-corrected chi connectivity index (χ1v) is 5.56. The van der Waals surface area contributed by atoms with E-state index >= 15 is 0 Å². The molecule has 1 atom stereocenters. The maximum absolute atomic E-state index is 5.75. The number of nitrogens with two attached hydrogens (primary N) is 1. The largest absolute Gasteiger partial charge is 0.322 e. The van der Waals surface area contributed by atoms with Crippen molar-refractivity contribution in [3.05, 3.63) is 22.2 Å². The number of rotatable bonds is 2. The maximum atomic E-state index is 5.75. The summed E-state index contributed by atoms with van der Waals surface area (Å²) in [4.78, 5) is 4.52. The van der Waals surface area contributed by atoms with Crippen LogP contribution in [0, 0.1) is 0 Å². The number of aromatic nitrogens is 1. The lowest BCUT2D eigenvalue weighted by Gasteiger charge is -1.98. The highest BCUT2D eigenvalue weighted by Crippen LogP contribution is 2.29. The summed E-state index contributed by atoms with van der Waals surface area (Å²) in [6.45, 7) is 1.98. The molecule has 2 N–H and O–H groups in total. The highest BCUT2D eigenvalue weighted by Gasteiger charge is 2.12. The van der Waals surface area contributed by atoms with Crippen LogP contribution in [0.5, 0.6) is 0 Å². The van der Waals surface area contributed by atoms with E-state index in [1.807, 2.05) is 6.92 Å². The van der Waals surface area contributed by atoms with Crippen molar-refractivity contribution in [2.75, 3.05) is 0 Å². The quantitative estimate of drug-likeness (QED) is 0.786. The molecule has 0 saturated heterocycles. The number of nitrogens with zero attached hydrogens (tertiary/aromatic N) is 1. The summed E-state index contributed by atoms with van der Waals surface area (Å²) in [5, 5.41) is 3.17. The first-order chi connectivity index (χ1) is 6.27. The number of hydrogen-bond acceptors (Lipinski definition) is 3. The molecule has 1 unspecified atom stereocenters. The average Bonchev–Trinajstić information content (AvgIpc) is 2.75. The topological polar surface area (TPSA) is 38.9 Å². The number of thiazole rings is 1. The molecule has 0 fully saturated rings. The summed E-state index contributed by atoms with van der Waals surface area (Å²) in [6.07, 6.45) is 5.96. The van der Waals surface area contributed by atoms with Gasteiger partial charge in [0.05, 0.1) is 11.7 Å². The van der Waals surface area contributed by atoms with Gasteiger partial charge in [-0.05, 0) is 31.8 Å². The molecule has 1 aromatic heterocycles. The van der Waals surface area contributed by atoms with E-state index in [1.165, 1.54) is 24.8 Å². The summed E-state index contributed by atoms with van der Waals surface area (Å²) in [7, 11) is 0. The van der Waals surface area contributed by atoms with E-state index in [1.54, 1.807) is 11.3 Å². The van der Waals surface area contributed by atoms with E-state index in [0.717, 1.165) is 10.7 Å². The zero-order chi connectivity index (χ0) is 9.26. The van der Waals surface area contributed by atoms with Crippen LogP contribution in [0.3, 0.4) is 0 Å². The summed E-state index contributed by atoms with van der Waals surface area (Å²) in [5.74, 6) is 0. The predicted molar refractivity (Wildman–Crippen MR) is 56.5 cm³/mol. The zero-order valence-corrected chi connectivity index (χ0v) is 8.60. The Hall–Kier alpha value is -0.670. The van der Waals surface area contributed by atoms with Gasteiger partial charge in [0.25, 0.3) is 0 Å². The molecule has 1 aromatic rings. The van der Waals surface area contributed by atoms with E-state index in [0.29, 0.717) is 0 Å². The average molecular weight is 194 g/mol. The Labute approximate surface area is 82.5 Å². The Morgan fingerprint density at radius 1 is 1.62 bits per heavy atom. The van der Waals surface area contributed by atoms with E-state index in [2.05, 4.69) is 16.4 Å². The zero-order valence-electron chi connectivity index (χ0n) is 7.79. The van der Waals surface area contributed by atoms with Gasteiger partial charge in [-0.15, -0.1) is 11.3 Å². The lowest BCUT2D eigenvalue weighted by molar-refractivity contribution is 0.804. The van der Waals surface area contributed by atoms with Gasteiger partial charge in [-0.1, -0.05) is 6.08 Å². The lowest BCUT2D eigenvalue weighted by atomic mass is 10.2. The Kier molecular flexibility index (Phi) is 2.47. The van der Waals surface area contributed by atoms with Crippen molar-refractivity contribution in [2.45, 2.75) is 32.2 Å². The normalized spacial score (nSPS) is 18.8. The first kappa shape index (κ1) is 8.91. The molecule has 0 aromatic carbocycles. The van der Waals surface area contributed by atoms with Gasteiger partial charge in [0.1, 0.15) is 5.01 Å². The first-order valence-electron chi connectivity index (χ1n) is 4.68. The van der Waals surface area contributed by atoms with Crippen LogP contribution in [0.25, 0.3) is 5.57 Å². The summed E-state index contributed by atoms with van der Waals surface area (Å²) in [5.41, 5.74) is 8.31. The summed E-state index contributed by atoms with van der Waals surface area (Å²) < 4.78 is 0. The van der Waals surface area contributed by atoms with Crippen LogP contribution >= 0.6 is 11.3 Å². The second-order valence-corrected chi connectivity index (χ2v) is 4.37. The second kappa shape index (κ2) is 3.60. The molecule has 2 nitrogen and oxygen atoms in total. The van der Waals surface area contributed by atoms with E-state index in [9.17, 15) is 0 Å². The van der Waals surface area contributed by atoms with Gasteiger partial charge >= 0.3 is 0 Å². The minimum absolute atomic E-state index is 0.0701. The molecule has 2 rings (SSSR count). The van der Waals surface area contributed by atoms with Crippen molar-refractivity contribution >= 4 is 16.9 Å². The predicted octanol–water partition coefficient (Wildman–Crippen LogP) is 2.73. The Morgan fingerprint density at radius 2 is 2.46 bits per heavy atom. The maximum Gasteiger partial charge on any atom is 0.110 e. The SMILES string of the molecule is CC(N)c1nc(C2=CCCC2)cs1. The third-order valence-corrected chi connectivity index (χ3v) is 3.33. The van der Waals surface area contributed by atoms with Crippen LogP contribution in [-0.2, 0) is 0 Å². The fourth-order valence-electron chi connectivity index (χ4n) is 1.55. The molecule has 1 aliphatic rings. The third-order valence-electron chi connectivity index (χ3n) is 2.28. The highest BCUT2D eigenvalue weighted by atomic mass is 32.1. The third kappa shape index (κ3) is 1.81. The molecule has 0 spiro atoms. The monoisotopic (exact) mass is 194 g/mol. The van der Waals surface area contributed by atoms with Gasteiger partial charge in [0.15, 0.2) is 0 Å². The van der Waals surface area contributed by atoms with Gasteiger partial charge in [-0.3, -0.25) is 0 Å². The van der Waals surface area contributed by atoms with E-state index < -0.39 is 0 Å². The molecule has 1 aliphatic carbocycles. The van der Waals surface area contributed by atoms with Gasteiger partial charge < -0.3 is 5.73 Å². The number of hydrogen-bond donors (Lipinski definition) is 1.